The van der Waals surface area contributed by atoms with Crippen LogP contribution >= 0.6 is 11.8 Å². The van der Waals surface area contributed by atoms with Crippen LogP contribution < -0.4 is 0 Å². The molecule has 1 aliphatic rings. The zero-order valence-corrected chi connectivity index (χ0v) is 12.9. The Hall–Kier alpha value is -1.29. The highest BCUT2D eigenvalue weighted by molar-refractivity contribution is 8.00. The van der Waals surface area contributed by atoms with Gasteiger partial charge in [0, 0.05) is 4.90 Å². The molecule has 0 radical (unpaired) electrons. The molecule has 2 rings (SSSR count). The van der Waals surface area contributed by atoms with E-state index in [1.54, 1.807) is 11.8 Å². The number of methoxy groups -OCH3 is 1. The van der Waals surface area contributed by atoms with Crippen molar-refractivity contribution in [3.05, 3.63) is 30.3 Å². The quantitative estimate of drug-likeness (QED) is 0.631. The lowest BCUT2D eigenvalue weighted by Crippen LogP contribution is -2.26. The molecule has 1 saturated carbocycles. The second kappa shape index (κ2) is 6.44. The summed E-state index contributed by atoms with van der Waals surface area (Å²) in [6, 6.07) is 9.88. The minimum atomic E-state index is -0.589. The van der Waals surface area contributed by atoms with Crippen LogP contribution in [-0.4, -0.2) is 24.1 Å². The number of Topliss-reactive ketones (excluding diaryl/α,β-unsaturated/α-hetero) is 1. The summed E-state index contributed by atoms with van der Waals surface area (Å²) in [5.74, 6) is -0.374. The monoisotopic (exact) mass is 292 g/mol. The van der Waals surface area contributed by atoms with Crippen LogP contribution in [0.5, 0.6) is 0 Å². The smallest absolute Gasteiger partial charge is 0.316 e. The molecule has 0 spiro atoms. The highest BCUT2D eigenvalue weighted by Crippen LogP contribution is 2.43. The molecule has 1 aliphatic carbocycles. The Morgan fingerprint density at radius 3 is 2.50 bits per heavy atom. The van der Waals surface area contributed by atoms with Crippen LogP contribution in [0.1, 0.15) is 20.3 Å². The van der Waals surface area contributed by atoms with E-state index in [4.69, 9.17) is 4.74 Å². The van der Waals surface area contributed by atoms with Crippen molar-refractivity contribution < 1.29 is 14.3 Å². The first-order chi connectivity index (χ1) is 9.54. The zero-order valence-electron chi connectivity index (χ0n) is 12.0. The second-order valence-electron chi connectivity index (χ2n) is 5.47. The Morgan fingerprint density at radius 1 is 1.30 bits per heavy atom. The van der Waals surface area contributed by atoms with Gasteiger partial charge in [-0.2, -0.15) is 0 Å². The number of hydrogen-bond acceptors (Lipinski definition) is 4. The zero-order chi connectivity index (χ0) is 14.7. The molecule has 108 valence electrons. The standard InChI is InChI=1S/C16H20O3S/c1-10(2)12-9-13(16(18)19-3)14(17)15(12)20-11-7-5-4-6-8-11/h4-8,10,12-13,15H,9H2,1-3H3/t12-,13-,15+/m1/s1. The minimum Gasteiger partial charge on any atom is -0.468 e. The van der Waals surface area contributed by atoms with Crippen LogP contribution in [0.2, 0.25) is 0 Å². The topological polar surface area (TPSA) is 43.4 Å². The molecule has 0 unspecified atom stereocenters. The van der Waals surface area contributed by atoms with Crippen LogP contribution in [0.4, 0.5) is 0 Å². The summed E-state index contributed by atoms with van der Waals surface area (Å²) in [7, 11) is 1.34. The van der Waals surface area contributed by atoms with Crippen molar-refractivity contribution in [3.63, 3.8) is 0 Å². The molecule has 1 fully saturated rings. The van der Waals surface area contributed by atoms with Crippen molar-refractivity contribution in [2.24, 2.45) is 17.8 Å². The van der Waals surface area contributed by atoms with Crippen LogP contribution in [0, 0.1) is 17.8 Å². The summed E-state index contributed by atoms with van der Waals surface area (Å²) in [6.07, 6.45) is 0.605. The van der Waals surface area contributed by atoms with Crippen molar-refractivity contribution in [2.75, 3.05) is 7.11 Å². The van der Waals surface area contributed by atoms with E-state index in [0.717, 1.165) is 4.90 Å². The van der Waals surface area contributed by atoms with Gasteiger partial charge in [-0.1, -0.05) is 32.0 Å². The number of esters is 1. The molecule has 0 N–H and O–H groups in total. The van der Waals surface area contributed by atoms with Gasteiger partial charge in [0.15, 0.2) is 5.78 Å². The lowest BCUT2D eigenvalue weighted by Gasteiger charge is -2.21. The predicted octanol–water partition coefficient (Wildman–Crippen LogP) is 3.18. The molecule has 3 nitrogen and oxygen atoms in total. The molecule has 4 heteroatoms. The lowest BCUT2D eigenvalue weighted by atomic mass is 9.93. The largest absolute Gasteiger partial charge is 0.468 e. The average Bonchev–Trinajstić information content (AvgIpc) is 2.77. The fourth-order valence-electron chi connectivity index (χ4n) is 2.69. The maximum atomic E-state index is 12.5. The van der Waals surface area contributed by atoms with Crippen LogP contribution in [0.3, 0.4) is 0 Å². The van der Waals surface area contributed by atoms with Gasteiger partial charge in [-0.05, 0) is 30.4 Å². The number of rotatable bonds is 4. The number of carbonyl (C=O) groups excluding carboxylic acids is 2. The normalized spacial score (nSPS) is 26.0. The Labute approximate surface area is 124 Å². The maximum absolute atomic E-state index is 12.5. The van der Waals surface area contributed by atoms with Crippen molar-refractivity contribution in [1.29, 1.82) is 0 Å². The van der Waals surface area contributed by atoms with Crippen LogP contribution in [-0.2, 0) is 14.3 Å². The van der Waals surface area contributed by atoms with Gasteiger partial charge in [0.1, 0.15) is 5.92 Å². The lowest BCUT2D eigenvalue weighted by molar-refractivity contribution is -0.148. The molecule has 0 heterocycles. The van der Waals surface area contributed by atoms with Crippen molar-refractivity contribution >= 4 is 23.5 Å². The highest BCUT2D eigenvalue weighted by Gasteiger charge is 2.47. The van der Waals surface area contributed by atoms with Crippen molar-refractivity contribution in [3.8, 4) is 0 Å². The van der Waals surface area contributed by atoms with Crippen molar-refractivity contribution in [1.82, 2.24) is 0 Å². The fraction of sp³-hybridized carbons (Fsp3) is 0.500. The van der Waals surface area contributed by atoms with E-state index < -0.39 is 11.9 Å². The molecular weight excluding hydrogens is 272 g/mol. The Kier molecular flexibility index (Phi) is 4.86. The average molecular weight is 292 g/mol. The number of hydrogen-bond donors (Lipinski definition) is 0. The molecule has 0 amide bonds. The van der Waals surface area contributed by atoms with E-state index in [9.17, 15) is 9.59 Å². The predicted molar refractivity (Wildman–Crippen MR) is 79.5 cm³/mol. The number of carbonyl (C=O) groups is 2. The second-order valence-corrected chi connectivity index (χ2v) is 6.69. The van der Waals surface area contributed by atoms with Gasteiger partial charge in [0.2, 0.25) is 0 Å². The number of benzene rings is 1. The van der Waals surface area contributed by atoms with Crippen LogP contribution in [0.25, 0.3) is 0 Å². The SMILES string of the molecule is COC(=O)[C@@H]1C[C@H](C(C)C)[C@H](Sc2ccccc2)C1=O. The molecule has 0 saturated heterocycles. The summed E-state index contributed by atoms with van der Waals surface area (Å²) in [5.41, 5.74) is 0. The van der Waals surface area contributed by atoms with E-state index >= 15 is 0 Å². The van der Waals surface area contributed by atoms with Gasteiger partial charge >= 0.3 is 5.97 Å². The third-order valence-electron chi connectivity index (χ3n) is 3.87. The van der Waals surface area contributed by atoms with Gasteiger partial charge in [0.05, 0.1) is 12.4 Å². The minimum absolute atomic E-state index is 0.0180. The molecule has 20 heavy (non-hydrogen) atoms. The molecular formula is C16H20O3S. The maximum Gasteiger partial charge on any atom is 0.316 e. The van der Waals surface area contributed by atoms with E-state index in [1.165, 1.54) is 7.11 Å². The number of thioether (sulfide) groups is 1. The van der Waals surface area contributed by atoms with Gasteiger partial charge < -0.3 is 4.74 Å². The summed E-state index contributed by atoms with van der Waals surface area (Å²) in [4.78, 5) is 25.3. The first-order valence-electron chi connectivity index (χ1n) is 6.88. The molecule has 1 aromatic rings. The van der Waals surface area contributed by atoms with E-state index in [1.807, 2.05) is 30.3 Å². The summed E-state index contributed by atoms with van der Waals surface area (Å²) in [5, 5.41) is -0.151. The first kappa shape index (κ1) is 15.1. The number of ether oxygens (including phenoxy) is 1. The summed E-state index contributed by atoms with van der Waals surface area (Å²) >= 11 is 1.57. The molecule has 0 bridgehead atoms. The van der Waals surface area contributed by atoms with E-state index in [2.05, 4.69) is 13.8 Å². The Balaban J connectivity index is 2.20. The van der Waals surface area contributed by atoms with Gasteiger partial charge in [-0.15, -0.1) is 11.8 Å². The van der Waals surface area contributed by atoms with Gasteiger partial charge in [-0.25, -0.2) is 0 Å². The Bertz CT molecular complexity index is 484. The van der Waals surface area contributed by atoms with Gasteiger partial charge in [-0.3, -0.25) is 9.59 Å². The fourth-order valence-corrected chi connectivity index (χ4v) is 4.18. The summed E-state index contributed by atoms with van der Waals surface area (Å²) in [6.45, 7) is 4.21. The van der Waals surface area contributed by atoms with E-state index in [-0.39, 0.29) is 17.0 Å². The Morgan fingerprint density at radius 2 is 1.95 bits per heavy atom. The molecule has 0 aliphatic heterocycles. The molecule has 3 atom stereocenters. The van der Waals surface area contributed by atoms with E-state index in [0.29, 0.717) is 12.3 Å². The van der Waals surface area contributed by atoms with Crippen molar-refractivity contribution in [2.45, 2.75) is 30.4 Å². The van der Waals surface area contributed by atoms with Crippen LogP contribution in [0.15, 0.2) is 35.2 Å². The third kappa shape index (κ3) is 3.06. The molecule has 0 aromatic heterocycles. The third-order valence-corrected chi connectivity index (χ3v) is 5.25. The molecule has 1 aromatic carbocycles. The first-order valence-corrected chi connectivity index (χ1v) is 7.75. The summed E-state index contributed by atoms with van der Waals surface area (Å²) < 4.78 is 4.76. The van der Waals surface area contributed by atoms with Gasteiger partial charge in [0.25, 0.3) is 0 Å². The highest BCUT2D eigenvalue weighted by atomic mass is 32.2. The number of ketones is 1.